The predicted octanol–water partition coefficient (Wildman–Crippen LogP) is 15.5. The Morgan fingerprint density at radius 3 is 1.34 bits per heavy atom. The topological polar surface area (TPSA) is 42.4 Å². The van der Waals surface area contributed by atoms with Crippen LogP contribution in [0, 0.1) is 0 Å². The van der Waals surface area contributed by atoms with Gasteiger partial charge in [0.2, 0.25) is 5.89 Å². The van der Waals surface area contributed by atoms with Crippen molar-refractivity contribution in [2.75, 3.05) is 4.90 Å². The number of benzene rings is 9. The first-order valence-electron chi connectivity index (χ1n) is 19.8. The van der Waals surface area contributed by atoms with Crippen molar-refractivity contribution in [1.29, 1.82) is 0 Å². The molecule has 0 unspecified atom stereocenters. The van der Waals surface area contributed by atoms with Gasteiger partial charge in [0.05, 0.1) is 0 Å². The quantitative estimate of drug-likeness (QED) is 0.155. The van der Waals surface area contributed by atoms with Gasteiger partial charge in [0.25, 0.3) is 0 Å². The van der Waals surface area contributed by atoms with Crippen LogP contribution in [-0.2, 0) is 0 Å². The normalized spacial score (nSPS) is 11.4. The summed E-state index contributed by atoms with van der Waals surface area (Å²) < 4.78 is 12.8. The van der Waals surface area contributed by atoms with E-state index in [0.29, 0.717) is 11.5 Å². The highest BCUT2D eigenvalue weighted by Gasteiger charge is 2.18. The third-order valence-corrected chi connectivity index (χ3v) is 11.1. The number of aromatic nitrogens is 1. The van der Waals surface area contributed by atoms with E-state index in [0.717, 1.165) is 66.8 Å². The van der Waals surface area contributed by atoms with Gasteiger partial charge in [0.1, 0.15) is 16.7 Å². The first-order valence-corrected chi connectivity index (χ1v) is 19.8. The number of rotatable bonds is 8. The van der Waals surface area contributed by atoms with E-state index < -0.39 is 0 Å². The van der Waals surface area contributed by atoms with Crippen LogP contribution in [0.15, 0.2) is 227 Å². The van der Waals surface area contributed by atoms with Gasteiger partial charge >= 0.3 is 0 Å². The molecule has 0 radical (unpaired) electrons. The standard InChI is InChI=1S/C55H36N2O2/c1-4-11-37(12-5-1)39-19-21-41(22-20-39)42-27-29-46(30-28-42)57(47-18-10-17-45(33-47)43-25-23-40(24-26-43)38-13-6-2-7-14-38)48-31-32-49-50-35-51-54(36-53(50)58-52(49)34-48)59-55(56-51)44-15-8-3-9-16-44/h1-36H. The zero-order valence-electron chi connectivity index (χ0n) is 32.0. The summed E-state index contributed by atoms with van der Waals surface area (Å²) >= 11 is 0. The highest BCUT2D eigenvalue weighted by molar-refractivity contribution is 6.10. The number of anilines is 3. The van der Waals surface area contributed by atoms with Crippen molar-refractivity contribution < 1.29 is 8.83 Å². The lowest BCUT2D eigenvalue weighted by atomic mass is 9.99. The maximum Gasteiger partial charge on any atom is 0.227 e. The van der Waals surface area contributed by atoms with Crippen molar-refractivity contribution in [1.82, 2.24) is 4.98 Å². The molecular formula is C55H36N2O2. The molecule has 0 bridgehead atoms. The zero-order chi connectivity index (χ0) is 39.1. The molecule has 11 aromatic rings. The fourth-order valence-corrected chi connectivity index (χ4v) is 8.08. The summed E-state index contributed by atoms with van der Waals surface area (Å²) in [6.45, 7) is 0. The molecule has 0 fully saturated rings. The molecule has 2 heterocycles. The van der Waals surface area contributed by atoms with Gasteiger partial charge in [-0.1, -0.05) is 152 Å². The molecule has 0 N–H and O–H groups in total. The summed E-state index contributed by atoms with van der Waals surface area (Å²) in [4.78, 5) is 7.13. The molecule has 0 spiro atoms. The van der Waals surface area contributed by atoms with Crippen LogP contribution in [0.2, 0.25) is 0 Å². The molecule has 0 saturated carbocycles. The van der Waals surface area contributed by atoms with Crippen molar-refractivity contribution in [3.8, 4) is 56.0 Å². The number of fused-ring (bicyclic) bond motifs is 4. The molecule has 4 heteroatoms. The van der Waals surface area contributed by atoms with Gasteiger partial charge in [-0.2, -0.15) is 0 Å². The largest absolute Gasteiger partial charge is 0.456 e. The van der Waals surface area contributed by atoms with Crippen molar-refractivity contribution in [2.24, 2.45) is 0 Å². The number of hydrogen-bond acceptors (Lipinski definition) is 4. The van der Waals surface area contributed by atoms with Crippen molar-refractivity contribution >= 4 is 50.1 Å². The van der Waals surface area contributed by atoms with Crippen LogP contribution >= 0.6 is 0 Å². The lowest BCUT2D eigenvalue weighted by Gasteiger charge is -2.26. The maximum absolute atomic E-state index is 6.58. The summed E-state index contributed by atoms with van der Waals surface area (Å²) in [5.41, 5.74) is 16.5. The van der Waals surface area contributed by atoms with E-state index in [-0.39, 0.29) is 0 Å². The molecule has 0 atom stereocenters. The van der Waals surface area contributed by atoms with Crippen LogP contribution in [0.4, 0.5) is 17.1 Å². The first kappa shape index (κ1) is 34.3. The van der Waals surface area contributed by atoms with Gasteiger partial charge < -0.3 is 13.7 Å². The minimum Gasteiger partial charge on any atom is -0.456 e. The average Bonchev–Trinajstić information content (AvgIpc) is 3.90. The fourth-order valence-electron chi connectivity index (χ4n) is 8.08. The minimum absolute atomic E-state index is 0.597. The van der Waals surface area contributed by atoms with Crippen LogP contribution in [0.3, 0.4) is 0 Å². The highest BCUT2D eigenvalue weighted by atomic mass is 16.4. The molecule has 0 aliphatic carbocycles. The zero-order valence-corrected chi connectivity index (χ0v) is 32.0. The molecular weight excluding hydrogens is 721 g/mol. The molecule has 2 aromatic heterocycles. The summed E-state index contributed by atoms with van der Waals surface area (Å²) in [6, 6.07) is 76.6. The Bertz CT molecular complexity index is 3220. The number of hydrogen-bond donors (Lipinski definition) is 0. The molecule has 0 amide bonds. The maximum atomic E-state index is 6.58. The van der Waals surface area contributed by atoms with E-state index in [1.807, 2.05) is 42.5 Å². The van der Waals surface area contributed by atoms with Crippen LogP contribution < -0.4 is 4.90 Å². The predicted molar refractivity (Wildman–Crippen MR) is 243 cm³/mol. The molecule has 11 rings (SSSR count). The third kappa shape index (κ3) is 6.53. The fraction of sp³-hybridized carbons (Fsp3) is 0. The Morgan fingerprint density at radius 1 is 0.288 bits per heavy atom. The lowest BCUT2D eigenvalue weighted by molar-refractivity contribution is 0.617. The summed E-state index contributed by atoms with van der Waals surface area (Å²) in [6.07, 6.45) is 0. The van der Waals surface area contributed by atoms with Crippen LogP contribution in [0.1, 0.15) is 0 Å². The number of furan rings is 1. The Kier molecular flexibility index (Phi) is 8.45. The molecule has 0 saturated heterocycles. The van der Waals surface area contributed by atoms with E-state index in [9.17, 15) is 0 Å². The van der Waals surface area contributed by atoms with Crippen LogP contribution in [0.25, 0.3) is 89.0 Å². The van der Waals surface area contributed by atoms with Crippen LogP contribution in [-0.4, -0.2) is 4.98 Å². The Balaban J connectivity index is 0.978. The Hall–Kier alpha value is -7.95. The van der Waals surface area contributed by atoms with E-state index in [4.69, 9.17) is 13.8 Å². The minimum atomic E-state index is 0.597. The molecule has 0 aliphatic rings. The summed E-state index contributed by atoms with van der Waals surface area (Å²) in [5.74, 6) is 0.597. The summed E-state index contributed by atoms with van der Waals surface area (Å²) in [7, 11) is 0. The van der Waals surface area contributed by atoms with Gasteiger partial charge in [-0.05, 0) is 99.1 Å². The SMILES string of the molecule is c1ccc(-c2ccc(-c3ccc(N(c4cccc(-c5ccc(-c6ccccc6)cc5)c4)c4ccc5c(c4)oc4cc6oc(-c7ccccc7)nc6cc45)cc3)cc2)cc1. The molecule has 9 aromatic carbocycles. The lowest BCUT2D eigenvalue weighted by Crippen LogP contribution is -2.10. The molecule has 278 valence electrons. The number of nitrogens with zero attached hydrogens (tertiary/aromatic N) is 2. The van der Waals surface area contributed by atoms with Crippen molar-refractivity contribution in [2.45, 2.75) is 0 Å². The second-order valence-corrected chi connectivity index (χ2v) is 14.8. The third-order valence-electron chi connectivity index (χ3n) is 11.1. The van der Waals surface area contributed by atoms with E-state index >= 15 is 0 Å². The average molecular weight is 757 g/mol. The van der Waals surface area contributed by atoms with Gasteiger partial charge in [0.15, 0.2) is 5.58 Å². The van der Waals surface area contributed by atoms with Gasteiger partial charge in [-0.3, -0.25) is 0 Å². The Morgan fingerprint density at radius 2 is 0.746 bits per heavy atom. The van der Waals surface area contributed by atoms with Gasteiger partial charge in [0, 0.05) is 45.5 Å². The van der Waals surface area contributed by atoms with Crippen molar-refractivity contribution in [3.63, 3.8) is 0 Å². The summed E-state index contributed by atoms with van der Waals surface area (Å²) in [5, 5.41) is 2.03. The number of oxazole rings is 1. The van der Waals surface area contributed by atoms with Gasteiger partial charge in [-0.25, -0.2) is 4.98 Å². The molecule has 4 nitrogen and oxygen atoms in total. The van der Waals surface area contributed by atoms with E-state index in [1.165, 1.54) is 27.8 Å². The van der Waals surface area contributed by atoms with E-state index in [1.54, 1.807) is 0 Å². The molecule has 59 heavy (non-hydrogen) atoms. The first-order chi connectivity index (χ1) is 29.2. The van der Waals surface area contributed by atoms with Crippen LogP contribution in [0.5, 0.6) is 0 Å². The monoisotopic (exact) mass is 756 g/mol. The second-order valence-electron chi connectivity index (χ2n) is 14.8. The second kappa shape index (κ2) is 14.5. The van der Waals surface area contributed by atoms with Crippen molar-refractivity contribution in [3.05, 3.63) is 218 Å². The van der Waals surface area contributed by atoms with E-state index in [2.05, 4.69) is 181 Å². The molecule has 0 aliphatic heterocycles. The Labute approximate surface area is 341 Å². The smallest absolute Gasteiger partial charge is 0.227 e. The highest BCUT2D eigenvalue weighted by Crippen LogP contribution is 2.41. The van der Waals surface area contributed by atoms with Gasteiger partial charge in [-0.15, -0.1) is 0 Å².